The number of rotatable bonds is 11. The molecule has 0 radical (unpaired) electrons. The quantitative estimate of drug-likeness (QED) is 0.178. The Kier molecular flexibility index (Phi) is 8.61. The molecule has 1 aliphatic heterocycles. The molecule has 1 unspecified atom stereocenters. The minimum atomic E-state index is -1.01. The van der Waals surface area contributed by atoms with Crippen molar-refractivity contribution in [3.63, 3.8) is 0 Å². The van der Waals surface area contributed by atoms with Gasteiger partial charge in [-0.15, -0.1) is 0 Å². The highest BCUT2D eigenvalue weighted by Crippen LogP contribution is 2.45. The van der Waals surface area contributed by atoms with Crippen molar-refractivity contribution >= 4 is 40.0 Å². The molecule has 0 bridgehead atoms. The van der Waals surface area contributed by atoms with Gasteiger partial charge in [0.1, 0.15) is 0 Å². The molecule has 0 saturated carbocycles. The number of carbonyl (C=O) groups excluding carboxylic acids is 3. The zero-order valence-electron chi connectivity index (χ0n) is 22.3. The molecule has 1 aliphatic rings. The lowest BCUT2D eigenvalue weighted by atomic mass is 9.95. The molecule has 2 heterocycles. The first-order valence-electron chi connectivity index (χ1n) is 12.6. The number of anilines is 1. The van der Waals surface area contributed by atoms with Crippen molar-refractivity contribution in [1.82, 2.24) is 4.98 Å². The summed E-state index contributed by atoms with van der Waals surface area (Å²) in [5, 5.41) is 11.2. The summed E-state index contributed by atoms with van der Waals surface area (Å²) in [6.45, 7) is 5.69. The number of benzene rings is 2. The fraction of sp³-hybridized carbons (Fsp3) is 0.267. The van der Waals surface area contributed by atoms with Crippen LogP contribution in [-0.2, 0) is 9.59 Å². The Balaban J connectivity index is 1.81. The van der Waals surface area contributed by atoms with Crippen LogP contribution < -0.4 is 14.4 Å². The largest absolute Gasteiger partial charge is 0.503 e. The van der Waals surface area contributed by atoms with Crippen molar-refractivity contribution in [2.45, 2.75) is 39.7 Å². The van der Waals surface area contributed by atoms with Crippen LogP contribution in [0.2, 0.25) is 0 Å². The number of aliphatic hydroxyl groups is 1. The van der Waals surface area contributed by atoms with Gasteiger partial charge in [0, 0.05) is 6.92 Å². The molecule has 2 aromatic carbocycles. The van der Waals surface area contributed by atoms with Gasteiger partial charge in [0.05, 0.1) is 35.9 Å². The van der Waals surface area contributed by atoms with Crippen molar-refractivity contribution in [3.8, 4) is 11.5 Å². The van der Waals surface area contributed by atoms with Gasteiger partial charge in [-0.3, -0.25) is 19.3 Å². The average Bonchev–Trinajstić information content (AvgIpc) is 3.44. The van der Waals surface area contributed by atoms with E-state index in [-0.39, 0.29) is 16.5 Å². The minimum Gasteiger partial charge on any atom is -0.503 e. The molecule has 0 spiro atoms. The zero-order chi connectivity index (χ0) is 28.1. The van der Waals surface area contributed by atoms with Gasteiger partial charge in [-0.05, 0) is 42.7 Å². The first-order valence-corrected chi connectivity index (χ1v) is 13.4. The Bertz CT molecular complexity index is 1460. The number of thiazole rings is 1. The smallest absolute Gasteiger partial charge is 0.296 e. The maximum absolute atomic E-state index is 13.5. The number of methoxy groups -OCH3 is 1. The third kappa shape index (κ3) is 5.78. The number of ketones is 2. The predicted octanol–water partition coefficient (Wildman–Crippen LogP) is 6.02. The molecule has 0 fully saturated rings. The molecule has 9 heteroatoms. The van der Waals surface area contributed by atoms with Crippen LogP contribution in [0.25, 0.3) is 6.08 Å². The number of ether oxygens (including phenoxy) is 2. The molecule has 3 aromatic rings. The van der Waals surface area contributed by atoms with Gasteiger partial charge < -0.3 is 14.6 Å². The van der Waals surface area contributed by atoms with Crippen molar-refractivity contribution in [1.29, 1.82) is 0 Å². The number of aryl methyl sites for hydroxylation is 1. The number of nitrogens with zero attached hydrogens (tertiary/aromatic N) is 2. The number of aromatic nitrogens is 1. The summed E-state index contributed by atoms with van der Waals surface area (Å²) in [4.78, 5) is 45.2. The summed E-state index contributed by atoms with van der Waals surface area (Å²) in [6.07, 6.45) is 4.81. The topological polar surface area (TPSA) is 106 Å². The molecule has 1 aromatic heterocycles. The van der Waals surface area contributed by atoms with Crippen LogP contribution >= 0.6 is 11.3 Å². The molecule has 4 rings (SSSR count). The Morgan fingerprint density at radius 2 is 1.90 bits per heavy atom. The maximum atomic E-state index is 13.5. The SMILES string of the molecule is CCCCOc1ccc(C2C(C(=O)/C=C/c3ccccc3)=C(O)C(=O)N2c2nc(C)c(C(C)=O)s2)cc1OC. The van der Waals surface area contributed by atoms with Crippen LogP contribution in [0.5, 0.6) is 11.5 Å². The molecule has 8 nitrogen and oxygen atoms in total. The van der Waals surface area contributed by atoms with Gasteiger partial charge in [-0.25, -0.2) is 4.98 Å². The maximum Gasteiger partial charge on any atom is 0.296 e. The molecule has 0 aliphatic carbocycles. The Labute approximate surface area is 231 Å². The van der Waals surface area contributed by atoms with E-state index in [2.05, 4.69) is 11.9 Å². The number of amides is 1. The lowest BCUT2D eigenvalue weighted by Gasteiger charge is -2.25. The van der Waals surface area contributed by atoms with E-state index in [0.29, 0.717) is 34.2 Å². The third-order valence-electron chi connectivity index (χ3n) is 6.27. The van der Waals surface area contributed by atoms with Gasteiger partial charge in [0.2, 0.25) is 0 Å². The zero-order valence-corrected chi connectivity index (χ0v) is 23.1. The van der Waals surface area contributed by atoms with Gasteiger partial charge in [-0.2, -0.15) is 0 Å². The van der Waals surface area contributed by atoms with Crippen LogP contribution in [0.15, 0.2) is 65.9 Å². The van der Waals surface area contributed by atoms with Crippen LogP contribution in [0, 0.1) is 6.92 Å². The summed E-state index contributed by atoms with van der Waals surface area (Å²) in [6, 6.07) is 13.4. The van der Waals surface area contributed by atoms with Crippen molar-refractivity contribution < 1.29 is 29.0 Å². The fourth-order valence-corrected chi connectivity index (χ4v) is 5.30. The Morgan fingerprint density at radius 3 is 2.54 bits per heavy atom. The fourth-order valence-electron chi connectivity index (χ4n) is 4.31. The lowest BCUT2D eigenvalue weighted by molar-refractivity contribution is -0.117. The Morgan fingerprint density at radius 1 is 1.15 bits per heavy atom. The second-order valence-corrected chi connectivity index (χ2v) is 10.0. The second kappa shape index (κ2) is 12.1. The van der Waals surface area contributed by atoms with Gasteiger partial charge in [0.15, 0.2) is 34.0 Å². The van der Waals surface area contributed by atoms with Gasteiger partial charge >= 0.3 is 0 Å². The molecule has 39 heavy (non-hydrogen) atoms. The number of hydrogen-bond donors (Lipinski definition) is 1. The number of Topliss-reactive ketones (excluding diaryl/α,β-unsaturated/α-hetero) is 1. The number of hydrogen-bond acceptors (Lipinski definition) is 8. The van der Waals surface area contributed by atoms with Gasteiger partial charge in [-0.1, -0.05) is 67.2 Å². The lowest BCUT2D eigenvalue weighted by Crippen LogP contribution is -2.30. The van der Waals surface area contributed by atoms with Crippen LogP contribution in [0.4, 0.5) is 5.13 Å². The number of allylic oxidation sites excluding steroid dienone is 1. The summed E-state index contributed by atoms with van der Waals surface area (Å²) in [5.41, 5.74) is 1.68. The second-order valence-electron chi connectivity index (χ2n) is 9.03. The van der Waals surface area contributed by atoms with E-state index < -0.39 is 23.5 Å². The van der Waals surface area contributed by atoms with E-state index in [1.54, 1.807) is 31.2 Å². The molecule has 1 N–H and O–H groups in total. The first kappa shape index (κ1) is 27.8. The van der Waals surface area contributed by atoms with E-state index in [4.69, 9.17) is 9.47 Å². The summed E-state index contributed by atoms with van der Waals surface area (Å²) in [5.74, 6) is -1.20. The molecular formula is C30H30N2O6S. The monoisotopic (exact) mass is 546 g/mol. The highest BCUT2D eigenvalue weighted by molar-refractivity contribution is 7.17. The van der Waals surface area contributed by atoms with Crippen LogP contribution in [0.1, 0.15) is 59.2 Å². The predicted molar refractivity (Wildman–Crippen MR) is 151 cm³/mol. The molecule has 0 saturated heterocycles. The van der Waals surface area contributed by atoms with Crippen LogP contribution in [-0.4, -0.2) is 41.3 Å². The van der Waals surface area contributed by atoms with E-state index in [0.717, 1.165) is 29.7 Å². The highest BCUT2D eigenvalue weighted by Gasteiger charge is 2.45. The van der Waals surface area contributed by atoms with E-state index >= 15 is 0 Å². The Hall–Kier alpha value is -4.24. The summed E-state index contributed by atoms with van der Waals surface area (Å²) < 4.78 is 11.4. The standard InChI is InChI=1S/C30H30N2O6S/c1-5-6-16-38-23-15-13-21(17-24(23)37-4)26-25(22(34)14-12-20-10-8-7-9-11-20)27(35)29(36)32(26)30-31-18(2)28(39-30)19(3)33/h7-15,17,26,35H,5-6,16H2,1-4H3/b14-12+. The van der Waals surface area contributed by atoms with Gasteiger partial charge in [0.25, 0.3) is 5.91 Å². The van der Waals surface area contributed by atoms with Crippen molar-refractivity contribution in [3.05, 3.63) is 87.6 Å². The molecule has 202 valence electrons. The average molecular weight is 547 g/mol. The molecule has 1 atom stereocenters. The first-order chi connectivity index (χ1) is 18.8. The number of carbonyl (C=O) groups is 3. The summed E-state index contributed by atoms with van der Waals surface area (Å²) >= 11 is 1.04. The van der Waals surface area contributed by atoms with Crippen LogP contribution in [0.3, 0.4) is 0 Å². The molecule has 1 amide bonds. The highest BCUT2D eigenvalue weighted by atomic mass is 32.1. The number of unbranched alkanes of at least 4 members (excludes halogenated alkanes) is 1. The minimum absolute atomic E-state index is 0.0916. The molecular weight excluding hydrogens is 516 g/mol. The third-order valence-corrected chi connectivity index (χ3v) is 7.53. The van der Waals surface area contributed by atoms with E-state index in [1.165, 1.54) is 25.0 Å². The van der Waals surface area contributed by atoms with Crippen molar-refractivity contribution in [2.75, 3.05) is 18.6 Å². The number of aliphatic hydroxyl groups excluding tert-OH is 1. The van der Waals surface area contributed by atoms with E-state index in [1.807, 2.05) is 30.3 Å². The summed E-state index contributed by atoms with van der Waals surface area (Å²) in [7, 11) is 1.51. The normalized spacial score (nSPS) is 15.3. The van der Waals surface area contributed by atoms with E-state index in [9.17, 15) is 19.5 Å². The van der Waals surface area contributed by atoms with Crippen molar-refractivity contribution in [2.24, 2.45) is 0 Å².